The molecule has 0 bridgehead atoms. The fourth-order valence-electron chi connectivity index (χ4n) is 4.39. The molecule has 37 heavy (non-hydrogen) atoms. The molecule has 0 aliphatic carbocycles. The summed E-state index contributed by atoms with van der Waals surface area (Å²) in [6, 6.07) is 8.03. The van der Waals surface area contributed by atoms with Crippen LogP contribution in [0.2, 0.25) is 0 Å². The molecule has 0 saturated carbocycles. The van der Waals surface area contributed by atoms with Gasteiger partial charge in [-0.3, -0.25) is 9.59 Å². The first-order valence-corrected chi connectivity index (χ1v) is 13.8. The quantitative estimate of drug-likeness (QED) is 0.143. The summed E-state index contributed by atoms with van der Waals surface area (Å²) in [7, 11) is 0. The topological polar surface area (TPSA) is 122 Å². The molecule has 2 amide bonds. The Morgan fingerprint density at radius 3 is 2.11 bits per heavy atom. The van der Waals surface area contributed by atoms with Crippen molar-refractivity contribution in [3.8, 4) is 0 Å². The number of hydrogen-bond donors (Lipinski definition) is 3. The van der Waals surface area contributed by atoms with Gasteiger partial charge in [0, 0.05) is 13.0 Å². The molecular formula is C29H46N2O6. The van der Waals surface area contributed by atoms with Crippen LogP contribution in [0.5, 0.6) is 0 Å². The number of carbonyl (C=O) groups excluding carboxylic acids is 3. The third kappa shape index (κ3) is 14.4. The SMILES string of the molecule is CCCCCCCCCCCCC(C(=O)O)[C@H](C)[C@H](NC(=O)OCc1ccccc1)C(=O)NCCC=O. The molecule has 0 aliphatic rings. The van der Waals surface area contributed by atoms with E-state index in [0.717, 1.165) is 31.2 Å². The molecule has 3 atom stereocenters. The van der Waals surface area contributed by atoms with Gasteiger partial charge in [-0.1, -0.05) is 108 Å². The van der Waals surface area contributed by atoms with Crippen LogP contribution in [0.4, 0.5) is 4.79 Å². The van der Waals surface area contributed by atoms with Crippen molar-refractivity contribution in [2.75, 3.05) is 6.54 Å². The first-order chi connectivity index (χ1) is 17.9. The Bertz CT molecular complexity index is 786. The van der Waals surface area contributed by atoms with Crippen LogP contribution in [0.25, 0.3) is 0 Å². The Kier molecular flexibility index (Phi) is 17.5. The van der Waals surface area contributed by atoms with Crippen LogP contribution in [-0.2, 0) is 25.7 Å². The maximum Gasteiger partial charge on any atom is 0.408 e. The molecule has 1 unspecified atom stereocenters. The van der Waals surface area contributed by atoms with Crippen molar-refractivity contribution >= 4 is 24.3 Å². The Labute approximate surface area is 221 Å². The molecule has 0 saturated heterocycles. The van der Waals surface area contributed by atoms with E-state index in [2.05, 4.69) is 17.6 Å². The standard InChI is InChI=1S/C29H46N2O6/c1-3-4-5-6-7-8-9-10-11-15-19-25(28(34)35)23(2)26(27(33)30-20-16-21-32)31-29(36)37-22-24-17-13-12-14-18-24/h12-14,17-18,21,23,25-26H,3-11,15-16,19-20,22H2,1-2H3,(H,30,33)(H,31,36)(H,34,35)/t23-,25?,26-/m0/s1. The summed E-state index contributed by atoms with van der Waals surface area (Å²) in [5.74, 6) is -2.99. The van der Waals surface area contributed by atoms with Gasteiger partial charge < -0.3 is 25.3 Å². The van der Waals surface area contributed by atoms with Crippen molar-refractivity contribution in [1.82, 2.24) is 10.6 Å². The van der Waals surface area contributed by atoms with Crippen molar-refractivity contribution in [1.29, 1.82) is 0 Å². The largest absolute Gasteiger partial charge is 0.481 e. The third-order valence-corrected chi connectivity index (χ3v) is 6.68. The van der Waals surface area contributed by atoms with E-state index in [1.54, 1.807) is 6.92 Å². The number of carboxylic acid groups (broad SMARTS) is 1. The Balaban J connectivity index is 2.63. The lowest BCUT2D eigenvalue weighted by atomic mass is 9.83. The fraction of sp³-hybridized carbons (Fsp3) is 0.655. The first kappa shape index (κ1) is 32.1. The van der Waals surface area contributed by atoms with Crippen LogP contribution in [-0.4, -0.2) is 41.9 Å². The average Bonchev–Trinajstić information content (AvgIpc) is 2.89. The zero-order chi connectivity index (χ0) is 27.3. The second-order valence-electron chi connectivity index (χ2n) is 9.70. The molecule has 8 heteroatoms. The summed E-state index contributed by atoms with van der Waals surface area (Å²) in [6.07, 6.45) is 11.9. The molecule has 0 spiro atoms. The van der Waals surface area contributed by atoms with Gasteiger partial charge in [0.1, 0.15) is 18.9 Å². The lowest BCUT2D eigenvalue weighted by Crippen LogP contribution is -2.53. The van der Waals surface area contributed by atoms with Crippen molar-refractivity contribution in [3.63, 3.8) is 0 Å². The van der Waals surface area contributed by atoms with E-state index in [1.807, 2.05) is 30.3 Å². The summed E-state index contributed by atoms with van der Waals surface area (Å²) < 4.78 is 5.26. The number of carbonyl (C=O) groups is 4. The zero-order valence-electron chi connectivity index (χ0n) is 22.6. The third-order valence-electron chi connectivity index (χ3n) is 6.68. The van der Waals surface area contributed by atoms with Gasteiger partial charge in [0.05, 0.1) is 5.92 Å². The number of aldehydes is 1. The highest BCUT2D eigenvalue weighted by Gasteiger charge is 2.36. The molecule has 208 valence electrons. The number of hydrogen-bond acceptors (Lipinski definition) is 5. The normalized spacial score (nSPS) is 13.2. The van der Waals surface area contributed by atoms with Crippen LogP contribution in [0, 0.1) is 11.8 Å². The maximum absolute atomic E-state index is 12.8. The number of unbranched alkanes of at least 4 members (excludes halogenated alkanes) is 9. The summed E-state index contributed by atoms with van der Waals surface area (Å²) >= 11 is 0. The van der Waals surface area contributed by atoms with Crippen LogP contribution in [0.1, 0.15) is 96.5 Å². The van der Waals surface area contributed by atoms with Crippen LogP contribution in [0.3, 0.4) is 0 Å². The zero-order valence-corrected chi connectivity index (χ0v) is 22.6. The summed E-state index contributed by atoms with van der Waals surface area (Å²) in [4.78, 5) is 48.1. The van der Waals surface area contributed by atoms with E-state index in [-0.39, 0.29) is 19.6 Å². The highest BCUT2D eigenvalue weighted by Crippen LogP contribution is 2.24. The minimum atomic E-state index is -1.10. The van der Waals surface area contributed by atoms with Crippen molar-refractivity contribution in [2.45, 2.75) is 104 Å². The Morgan fingerprint density at radius 2 is 1.54 bits per heavy atom. The number of carboxylic acids is 1. The summed E-state index contributed by atoms with van der Waals surface area (Å²) in [5, 5.41) is 15.1. The van der Waals surface area contributed by atoms with Crippen molar-refractivity contribution in [2.24, 2.45) is 11.8 Å². The number of nitrogens with one attached hydrogen (secondary N) is 2. The monoisotopic (exact) mass is 518 g/mol. The molecular weight excluding hydrogens is 472 g/mol. The number of amides is 2. The molecule has 1 aromatic rings. The number of ether oxygens (including phenoxy) is 1. The van der Waals surface area contributed by atoms with E-state index >= 15 is 0 Å². The lowest BCUT2D eigenvalue weighted by molar-refractivity contribution is -0.144. The van der Waals surface area contributed by atoms with Crippen LogP contribution < -0.4 is 10.6 Å². The molecule has 8 nitrogen and oxygen atoms in total. The number of rotatable bonds is 21. The van der Waals surface area contributed by atoms with Gasteiger partial charge >= 0.3 is 12.1 Å². The van der Waals surface area contributed by atoms with Gasteiger partial charge in [0.2, 0.25) is 5.91 Å². The van der Waals surface area contributed by atoms with Crippen LogP contribution >= 0.6 is 0 Å². The number of alkyl carbamates (subject to hydrolysis) is 1. The van der Waals surface area contributed by atoms with Gasteiger partial charge in [-0.2, -0.15) is 0 Å². The molecule has 1 rings (SSSR count). The number of aliphatic carboxylic acids is 1. The Morgan fingerprint density at radius 1 is 0.946 bits per heavy atom. The number of benzene rings is 1. The summed E-state index contributed by atoms with van der Waals surface area (Å²) in [6.45, 7) is 4.02. The second-order valence-corrected chi connectivity index (χ2v) is 9.70. The molecule has 1 aromatic carbocycles. The molecule has 3 N–H and O–H groups in total. The first-order valence-electron chi connectivity index (χ1n) is 13.8. The van der Waals surface area contributed by atoms with Crippen LogP contribution in [0.15, 0.2) is 30.3 Å². The smallest absolute Gasteiger partial charge is 0.408 e. The highest BCUT2D eigenvalue weighted by atomic mass is 16.5. The van der Waals surface area contributed by atoms with E-state index in [1.165, 1.54) is 38.5 Å². The lowest BCUT2D eigenvalue weighted by Gasteiger charge is -2.28. The van der Waals surface area contributed by atoms with Gasteiger partial charge in [-0.15, -0.1) is 0 Å². The molecule has 0 aromatic heterocycles. The predicted molar refractivity (Wildman–Crippen MR) is 144 cm³/mol. The fourth-order valence-corrected chi connectivity index (χ4v) is 4.39. The van der Waals surface area contributed by atoms with E-state index < -0.39 is 35.8 Å². The average molecular weight is 519 g/mol. The predicted octanol–water partition coefficient (Wildman–Crippen LogP) is 5.63. The second kappa shape index (κ2) is 20.2. The van der Waals surface area contributed by atoms with Crippen molar-refractivity contribution < 1.29 is 29.0 Å². The molecule has 0 fully saturated rings. The summed E-state index contributed by atoms with van der Waals surface area (Å²) in [5.41, 5.74) is 0.794. The Hall–Kier alpha value is -2.90. The minimum absolute atomic E-state index is 0.0293. The van der Waals surface area contributed by atoms with Gasteiger partial charge in [-0.05, 0) is 17.9 Å². The van der Waals surface area contributed by atoms with E-state index in [9.17, 15) is 24.3 Å². The van der Waals surface area contributed by atoms with E-state index in [0.29, 0.717) is 12.7 Å². The highest BCUT2D eigenvalue weighted by molar-refractivity contribution is 5.87. The molecule has 0 radical (unpaired) electrons. The van der Waals surface area contributed by atoms with Gasteiger partial charge in [-0.25, -0.2) is 4.79 Å². The van der Waals surface area contributed by atoms with E-state index in [4.69, 9.17) is 4.74 Å². The van der Waals surface area contributed by atoms with Gasteiger partial charge in [0.25, 0.3) is 0 Å². The molecule has 0 aliphatic heterocycles. The maximum atomic E-state index is 12.8. The minimum Gasteiger partial charge on any atom is -0.481 e. The molecule has 0 heterocycles. The van der Waals surface area contributed by atoms with Crippen molar-refractivity contribution in [3.05, 3.63) is 35.9 Å². The van der Waals surface area contributed by atoms with Gasteiger partial charge in [0.15, 0.2) is 0 Å².